The third-order valence-electron chi connectivity index (χ3n) is 3.74. The standard InChI is InChI=1S/C19H19ClN4O2S/c1-26-15-6-2-13(3-7-15)19-22-17(23-24-19)12-21-18(25)10-11-27-16-8-4-14(20)5-9-16/h2-9H,10-12H2,1H3,(H,21,25)(H,22,23,24). The quantitative estimate of drug-likeness (QED) is 0.558. The number of methoxy groups -OCH3 is 1. The number of amides is 1. The first-order chi connectivity index (χ1) is 13.1. The van der Waals surface area contributed by atoms with Gasteiger partial charge in [-0.15, -0.1) is 11.8 Å². The highest BCUT2D eigenvalue weighted by Gasteiger charge is 2.08. The maximum Gasteiger partial charge on any atom is 0.221 e. The molecule has 0 spiro atoms. The Labute approximate surface area is 166 Å². The number of benzene rings is 2. The van der Waals surface area contributed by atoms with Crippen molar-refractivity contribution < 1.29 is 9.53 Å². The summed E-state index contributed by atoms with van der Waals surface area (Å²) in [5.74, 6) is 2.64. The van der Waals surface area contributed by atoms with Gasteiger partial charge in [0.15, 0.2) is 5.82 Å². The summed E-state index contributed by atoms with van der Waals surface area (Å²) in [5, 5.41) is 10.6. The van der Waals surface area contributed by atoms with E-state index in [2.05, 4.69) is 20.5 Å². The van der Waals surface area contributed by atoms with Crippen molar-refractivity contribution in [2.24, 2.45) is 0 Å². The molecule has 0 unspecified atom stereocenters. The van der Waals surface area contributed by atoms with Crippen LogP contribution in [-0.4, -0.2) is 34.0 Å². The van der Waals surface area contributed by atoms with Gasteiger partial charge in [-0.05, 0) is 48.5 Å². The number of H-pyrrole nitrogens is 1. The number of halogens is 1. The summed E-state index contributed by atoms with van der Waals surface area (Å²) in [6.45, 7) is 0.313. The van der Waals surface area contributed by atoms with Gasteiger partial charge in [0.25, 0.3) is 0 Å². The molecule has 0 aliphatic heterocycles. The Bertz CT molecular complexity index is 881. The lowest BCUT2D eigenvalue weighted by molar-refractivity contribution is -0.120. The minimum absolute atomic E-state index is 0.0288. The van der Waals surface area contributed by atoms with Crippen LogP contribution in [0.4, 0.5) is 0 Å². The van der Waals surface area contributed by atoms with Gasteiger partial charge in [0.1, 0.15) is 11.6 Å². The number of hydrogen-bond donors (Lipinski definition) is 2. The number of carbonyl (C=O) groups is 1. The molecular formula is C19H19ClN4O2S. The molecule has 0 radical (unpaired) electrons. The second kappa shape index (κ2) is 9.43. The highest BCUT2D eigenvalue weighted by molar-refractivity contribution is 7.99. The average Bonchev–Trinajstić information content (AvgIpc) is 3.17. The summed E-state index contributed by atoms with van der Waals surface area (Å²) in [6, 6.07) is 15.1. The zero-order valence-corrected chi connectivity index (χ0v) is 16.3. The second-order valence-corrected chi connectivity index (χ2v) is 7.27. The van der Waals surface area contributed by atoms with E-state index in [1.54, 1.807) is 18.9 Å². The fraction of sp³-hybridized carbons (Fsp3) is 0.211. The minimum Gasteiger partial charge on any atom is -0.497 e. The third-order valence-corrected chi connectivity index (χ3v) is 5.01. The molecule has 0 aliphatic carbocycles. The van der Waals surface area contributed by atoms with Gasteiger partial charge in [0.2, 0.25) is 5.91 Å². The summed E-state index contributed by atoms with van der Waals surface area (Å²) in [5.41, 5.74) is 0.879. The van der Waals surface area contributed by atoms with Gasteiger partial charge >= 0.3 is 0 Å². The Morgan fingerprint density at radius 3 is 2.63 bits per heavy atom. The fourth-order valence-corrected chi connectivity index (χ4v) is 3.28. The van der Waals surface area contributed by atoms with Gasteiger partial charge in [-0.25, -0.2) is 4.98 Å². The Morgan fingerprint density at radius 2 is 1.93 bits per heavy atom. The zero-order valence-electron chi connectivity index (χ0n) is 14.7. The molecule has 140 valence electrons. The van der Waals surface area contributed by atoms with Crippen LogP contribution in [0.2, 0.25) is 5.02 Å². The molecule has 0 atom stereocenters. The van der Waals surface area contributed by atoms with E-state index < -0.39 is 0 Å². The van der Waals surface area contributed by atoms with Crippen molar-refractivity contribution in [1.29, 1.82) is 0 Å². The van der Waals surface area contributed by atoms with E-state index in [4.69, 9.17) is 16.3 Å². The topological polar surface area (TPSA) is 79.9 Å². The molecule has 1 amide bonds. The van der Waals surface area contributed by atoms with Crippen LogP contribution in [0.5, 0.6) is 5.75 Å². The van der Waals surface area contributed by atoms with Crippen molar-refractivity contribution in [1.82, 2.24) is 20.5 Å². The molecular weight excluding hydrogens is 384 g/mol. The second-order valence-electron chi connectivity index (χ2n) is 5.66. The van der Waals surface area contributed by atoms with Crippen molar-refractivity contribution in [3.05, 3.63) is 59.4 Å². The van der Waals surface area contributed by atoms with Gasteiger partial charge in [-0.3, -0.25) is 9.89 Å². The number of aromatic nitrogens is 3. The van der Waals surface area contributed by atoms with Gasteiger partial charge in [0, 0.05) is 27.7 Å². The van der Waals surface area contributed by atoms with Crippen LogP contribution >= 0.6 is 23.4 Å². The lowest BCUT2D eigenvalue weighted by Crippen LogP contribution is -2.23. The van der Waals surface area contributed by atoms with E-state index in [0.717, 1.165) is 16.2 Å². The molecule has 2 N–H and O–H groups in total. The molecule has 0 fully saturated rings. The number of nitrogens with one attached hydrogen (secondary N) is 2. The number of hydrogen-bond acceptors (Lipinski definition) is 5. The number of ether oxygens (including phenoxy) is 1. The van der Waals surface area contributed by atoms with Gasteiger partial charge in [-0.1, -0.05) is 11.6 Å². The molecule has 0 saturated carbocycles. The minimum atomic E-state index is -0.0288. The summed E-state index contributed by atoms with van der Waals surface area (Å²) >= 11 is 7.48. The van der Waals surface area contributed by atoms with Crippen molar-refractivity contribution in [2.45, 2.75) is 17.9 Å². The summed E-state index contributed by atoms with van der Waals surface area (Å²) in [7, 11) is 1.62. The average molecular weight is 403 g/mol. The molecule has 8 heteroatoms. The largest absolute Gasteiger partial charge is 0.497 e. The van der Waals surface area contributed by atoms with E-state index in [0.29, 0.717) is 35.4 Å². The predicted molar refractivity (Wildman–Crippen MR) is 107 cm³/mol. The van der Waals surface area contributed by atoms with E-state index in [9.17, 15) is 4.79 Å². The van der Waals surface area contributed by atoms with Crippen LogP contribution in [-0.2, 0) is 11.3 Å². The highest BCUT2D eigenvalue weighted by atomic mass is 35.5. The molecule has 1 heterocycles. The first kappa shape index (κ1) is 19.3. The van der Waals surface area contributed by atoms with Crippen LogP contribution in [0.1, 0.15) is 12.2 Å². The lowest BCUT2D eigenvalue weighted by atomic mass is 10.2. The summed E-state index contributed by atoms with van der Waals surface area (Å²) in [4.78, 5) is 17.5. The van der Waals surface area contributed by atoms with Crippen LogP contribution in [0, 0.1) is 0 Å². The maximum atomic E-state index is 12.0. The van der Waals surface area contributed by atoms with Crippen molar-refractivity contribution >= 4 is 29.3 Å². The van der Waals surface area contributed by atoms with Crippen LogP contribution in [0.15, 0.2) is 53.4 Å². The maximum absolute atomic E-state index is 12.0. The SMILES string of the molecule is COc1ccc(-c2n[nH]c(CNC(=O)CCSc3ccc(Cl)cc3)n2)cc1. The van der Waals surface area contributed by atoms with Crippen LogP contribution < -0.4 is 10.1 Å². The monoisotopic (exact) mass is 402 g/mol. The fourth-order valence-electron chi connectivity index (χ4n) is 2.31. The van der Waals surface area contributed by atoms with Gasteiger partial charge < -0.3 is 10.1 Å². The molecule has 2 aromatic carbocycles. The molecule has 1 aromatic heterocycles. The van der Waals surface area contributed by atoms with E-state index in [-0.39, 0.29) is 5.91 Å². The van der Waals surface area contributed by atoms with Crippen molar-refractivity contribution in [3.63, 3.8) is 0 Å². The number of rotatable bonds is 8. The Kier molecular flexibility index (Phi) is 6.73. The van der Waals surface area contributed by atoms with Crippen molar-refractivity contribution in [2.75, 3.05) is 12.9 Å². The molecule has 3 rings (SSSR count). The number of nitrogens with zero attached hydrogens (tertiary/aromatic N) is 2. The Balaban J connectivity index is 1.43. The molecule has 0 saturated heterocycles. The molecule has 3 aromatic rings. The van der Waals surface area contributed by atoms with E-state index in [1.165, 1.54) is 0 Å². The normalized spacial score (nSPS) is 10.6. The smallest absolute Gasteiger partial charge is 0.221 e. The Morgan fingerprint density at radius 1 is 1.19 bits per heavy atom. The van der Waals surface area contributed by atoms with Crippen LogP contribution in [0.25, 0.3) is 11.4 Å². The molecule has 27 heavy (non-hydrogen) atoms. The lowest BCUT2D eigenvalue weighted by Gasteiger charge is -2.03. The predicted octanol–water partition coefficient (Wildman–Crippen LogP) is 3.93. The molecule has 6 nitrogen and oxygen atoms in total. The third kappa shape index (κ3) is 5.74. The first-order valence-corrected chi connectivity index (χ1v) is 9.71. The summed E-state index contributed by atoms with van der Waals surface area (Å²) in [6.07, 6.45) is 0.423. The number of aromatic amines is 1. The number of carbonyl (C=O) groups excluding carboxylic acids is 1. The molecule has 0 aliphatic rings. The zero-order chi connectivity index (χ0) is 19.1. The number of thioether (sulfide) groups is 1. The highest BCUT2D eigenvalue weighted by Crippen LogP contribution is 2.21. The van der Waals surface area contributed by atoms with Crippen molar-refractivity contribution in [3.8, 4) is 17.1 Å². The van der Waals surface area contributed by atoms with Gasteiger partial charge in [-0.2, -0.15) is 5.10 Å². The Hall–Kier alpha value is -2.51. The molecule has 0 bridgehead atoms. The summed E-state index contributed by atoms with van der Waals surface area (Å²) < 4.78 is 5.14. The first-order valence-electron chi connectivity index (χ1n) is 8.35. The van der Waals surface area contributed by atoms with Crippen LogP contribution in [0.3, 0.4) is 0 Å². The van der Waals surface area contributed by atoms with E-state index >= 15 is 0 Å². The van der Waals surface area contributed by atoms with E-state index in [1.807, 2.05) is 48.5 Å². The van der Waals surface area contributed by atoms with Gasteiger partial charge in [0.05, 0.1) is 13.7 Å².